The van der Waals surface area contributed by atoms with E-state index >= 15 is 0 Å². The van der Waals surface area contributed by atoms with E-state index in [9.17, 15) is 0 Å². The number of nitrogens with one attached hydrogen (secondary N) is 1. The number of hydrogen-bond donors (Lipinski definition) is 1. The SMILES string of the molecule is CCC1CN(c2nnc(C(C)NC)o2)CCS1. The van der Waals surface area contributed by atoms with Crippen LogP contribution < -0.4 is 10.2 Å². The van der Waals surface area contributed by atoms with Gasteiger partial charge in [0.2, 0.25) is 5.89 Å². The van der Waals surface area contributed by atoms with Gasteiger partial charge in [-0.2, -0.15) is 11.8 Å². The number of thioether (sulfide) groups is 1. The van der Waals surface area contributed by atoms with E-state index in [1.54, 1.807) is 0 Å². The van der Waals surface area contributed by atoms with Crippen molar-refractivity contribution in [1.29, 1.82) is 0 Å². The van der Waals surface area contributed by atoms with Crippen LogP contribution in [0.4, 0.5) is 6.01 Å². The van der Waals surface area contributed by atoms with Crippen molar-refractivity contribution in [2.75, 3.05) is 30.8 Å². The van der Waals surface area contributed by atoms with Crippen molar-refractivity contribution in [3.63, 3.8) is 0 Å². The van der Waals surface area contributed by atoms with Crippen molar-refractivity contribution in [2.45, 2.75) is 31.6 Å². The Morgan fingerprint density at radius 2 is 2.41 bits per heavy atom. The first-order valence-corrected chi connectivity index (χ1v) is 7.16. The summed E-state index contributed by atoms with van der Waals surface area (Å²) < 4.78 is 5.70. The van der Waals surface area contributed by atoms with Gasteiger partial charge in [-0.1, -0.05) is 12.0 Å². The molecule has 0 aromatic carbocycles. The summed E-state index contributed by atoms with van der Waals surface area (Å²) in [6, 6.07) is 0.776. The fraction of sp³-hybridized carbons (Fsp3) is 0.818. The monoisotopic (exact) mass is 256 g/mol. The highest BCUT2D eigenvalue weighted by Crippen LogP contribution is 2.25. The van der Waals surface area contributed by atoms with Gasteiger partial charge in [-0.15, -0.1) is 5.10 Å². The van der Waals surface area contributed by atoms with Crippen LogP contribution in [0.25, 0.3) is 0 Å². The Balaban J connectivity index is 2.04. The zero-order valence-corrected chi connectivity index (χ0v) is 11.5. The average molecular weight is 256 g/mol. The lowest BCUT2D eigenvalue weighted by atomic mass is 10.3. The molecule has 17 heavy (non-hydrogen) atoms. The van der Waals surface area contributed by atoms with Gasteiger partial charge in [0.25, 0.3) is 0 Å². The predicted octanol–water partition coefficient (Wildman–Crippen LogP) is 1.68. The number of nitrogens with zero attached hydrogens (tertiary/aromatic N) is 3. The molecule has 0 amide bonds. The molecule has 2 unspecified atom stereocenters. The summed E-state index contributed by atoms with van der Waals surface area (Å²) in [5.41, 5.74) is 0. The van der Waals surface area contributed by atoms with E-state index in [1.807, 2.05) is 25.7 Å². The topological polar surface area (TPSA) is 54.2 Å². The smallest absolute Gasteiger partial charge is 0.318 e. The van der Waals surface area contributed by atoms with Crippen molar-refractivity contribution in [2.24, 2.45) is 0 Å². The summed E-state index contributed by atoms with van der Waals surface area (Å²) in [6.45, 7) is 6.25. The molecular weight excluding hydrogens is 236 g/mol. The van der Waals surface area contributed by atoms with Gasteiger partial charge in [0.05, 0.1) is 6.04 Å². The fourth-order valence-corrected chi connectivity index (χ4v) is 2.97. The fourth-order valence-electron chi connectivity index (χ4n) is 1.79. The van der Waals surface area contributed by atoms with E-state index in [-0.39, 0.29) is 6.04 Å². The second-order valence-electron chi connectivity index (χ2n) is 4.28. The number of rotatable bonds is 4. The maximum atomic E-state index is 5.70. The highest BCUT2D eigenvalue weighted by molar-refractivity contribution is 8.00. The molecule has 1 N–H and O–H groups in total. The quantitative estimate of drug-likeness (QED) is 0.884. The minimum atomic E-state index is 0.109. The van der Waals surface area contributed by atoms with Crippen molar-refractivity contribution in [3.05, 3.63) is 5.89 Å². The van der Waals surface area contributed by atoms with Crippen LogP contribution in [0.2, 0.25) is 0 Å². The molecule has 2 heterocycles. The lowest BCUT2D eigenvalue weighted by Crippen LogP contribution is -2.37. The van der Waals surface area contributed by atoms with Gasteiger partial charge >= 0.3 is 6.01 Å². The van der Waals surface area contributed by atoms with E-state index in [4.69, 9.17) is 4.42 Å². The summed E-state index contributed by atoms with van der Waals surface area (Å²) in [5.74, 6) is 1.80. The van der Waals surface area contributed by atoms with Crippen LogP contribution >= 0.6 is 11.8 Å². The molecule has 2 rings (SSSR count). The first-order chi connectivity index (χ1) is 8.24. The number of aromatic nitrogens is 2. The third-order valence-electron chi connectivity index (χ3n) is 3.10. The van der Waals surface area contributed by atoms with E-state index in [0.717, 1.165) is 18.8 Å². The minimum absolute atomic E-state index is 0.109. The van der Waals surface area contributed by atoms with E-state index in [0.29, 0.717) is 17.2 Å². The molecule has 0 saturated carbocycles. The van der Waals surface area contributed by atoms with Gasteiger partial charge in [-0.3, -0.25) is 0 Å². The highest BCUT2D eigenvalue weighted by atomic mass is 32.2. The molecule has 0 bridgehead atoms. The van der Waals surface area contributed by atoms with E-state index in [1.165, 1.54) is 6.42 Å². The zero-order valence-electron chi connectivity index (χ0n) is 10.6. The van der Waals surface area contributed by atoms with Crippen LogP contribution in [-0.2, 0) is 0 Å². The second-order valence-corrected chi connectivity index (χ2v) is 5.69. The van der Waals surface area contributed by atoms with Gasteiger partial charge < -0.3 is 14.6 Å². The van der Waals surface area contributed by atoms with Crippen LogP contribution in [0.3, 0.4) is 0 Å². The molecule has 5 nitrogen and oxygen atoms in total. The molecular formula is C11H20N4OS. The Morgan fingerprint density at radius 1 is 1.59 bits per heavy atom. The summed E-state index contributed by atoms with van der Waals surface area (Å²) in [6.07, 6.45) is 1.19. The molecule has 1 aromatic heterocycles. The molecule has 0 spiro atoms. The van der Waals surface area contributed by atoms with Crippen LogP contribution in [0.1, 0.15) is 32.2 Å². The summed E-state index contributed by atoms with van der Waals surface area (Å²) in [4.78, 5) is 2.20. The van der Waals surface area contributed by atoms with E-state index < -0.39 is 0 Å². The molecule has 1 aliphatic rings. The average Bonchev–Trinajstić information content (AvgIpc) is 2.87. The van der Waals surface area contributed by atoms with Crippen LogP contribution in [-0.4, -0.2) is 41.3 Å². The minimum Gasteiger partial charge on any atom is -0.406 e. The van der Waals surface area contributed by atoms with Gasteiger partial charge in [0.1, 0.15) is 0 Å². The Bertz CT molecular complexity index is 357. The summed E-state index contributed by atoms with van der Waals surface area (Å²) >= 11 is 2.04. The molecule has 1 saturated heterocycles. The summed E-state index contributed by atoms with van der Waals surface area (Å²) in [7, 11) is 1.89. The lowest BCUT2D eigenvalue weighted by molar-refractivity contribution is 0.429. The lowest BCUT2D eigenvalue weighted by Gasteiger charge is -2.30. The van der Waals surface area contributed by atoms with Crippen LogP contribution in [0, 0.1) is 0 Å². The third kappa shape index (κ3) is 2.93. The first kappa shape index (κ1) is 12.7. The number of anilines is 1. The van der Waals surface area contributed by atoms with E-state index in [2.05, 4.69) is 27.3 Å². The largest absolute Gasteiger partial charge is 0.406 e. The predicted molar refractivity (Wildman–Crippen MR) is 70.5 cm³/mol. The Morgan fingerprint density at radius 3 is 3.12 bits per heavy atom. The molecule has 96 valence electrons. The normalized spacial score (nSPS) is 22.8. The summed E-state index contributed by atoms with van der Waals surface area (Å²) in [5, 5.41) is 12.0. The van der Waals surface area contributed by atoms with Gasteiger partial charge in [0, 0.05) is 24.1 Å². The molecule has 0 aliphatic carbocycles. The van der Waals surface area contributed by atoms with Gasteiger partial charge in [-0.25, -0.2) is 0 Å². The van der Waals surface area contributed by atoms with Crippen LogP contribution in [0.5, 0.6) is 0 Å². The first-order valence-electron chi connectivity index (χ1n) is 6.11. The maximum Gasteiger partial charge on any atom is 0.318 e. The Hall–Kier alpha value is -0.750. The molecule has 2 atom stereocenters. The zero-order chi connectivity index (χ0) is 12.3. The molecule has 1 aromatic rings. The Kier molecular flexibility index (Phi) is 4.28. The van der Waals surface area contributed by atoms with Crippen LogP contribution in [0.15, 0.2) is 4.42 Å². The van der Waals surface area contributed by atoms with Crippen molar-refractivity contribution in [1.82, 2.24) is 15.5 Å². The number of hydrogen-bond acceptors (Lipinski definition) is 6. The standard InChI is InChI=1S/C11H20N4OS/c1-4-9-7-15(5-6-17-9)11-14-13-10(16-11)8(2)12-3/h8-9,12H,4-7H2,1-3H3. The maximum absolute atomic E-state index is 5.70. The molecule has 1 fully saturated rings. The molecule has 0 radical (unpaired) electrons. The second kappa shape index (κ2) is 5.73. The molecule has 1 aliphatic heterocycles. The van der Waals surface area contributed by atoms with Crippen molar-refractivity contribution < 1.29 is 4.42 Å². The molecule has 6 heteroatoms. The van der Waals surface area contributed by atoms with Crippen molar-refractivity contribution >= 4 is 17.8 Å². The van der Waals surface area contributed by atoms with Gasteiger partial charge in [-0.05, 0) is 20.4 Å². The van der Waals surface area contributed by atoms with Crippen molar-refractivity contribution in [3.8, 4) is 0 Å². The Labute approximate surface area is 106 Å². The van der Waals surface area contributed by atoms with Gasteiger partial charge in [0.15, 0.2) is 0 Å². The third-order valence-corrected chi connectivity index (χ3v) is 4.47. The highest BCUT2D eigenvalue weighted by Gasteiger charge is 2.23.